The number of benzene rings is 2. The number of nitriles is 1. The number of carbonyl (C=O) groups excluding carboxylic acids is 2. The van der Waals surface area contributed by atoms with Crippen molar-refractivity contribution in [3.05, 3.63) is 70.9 Å². The zero-order valence-corrected chi connectivity index (χ0v) is 17.0. The smallest absolute Gasteiger partial charge is 0.310 e. The second kappa shape index (κ2) is 10.4. The van der Waals surface area contributed by atoms with Gasteiger partial charge in [0.25, 0.3) is 0 Å². The summed E-state index contributed by atoms with van der Waals surface area (Å²) in [6.45, 7) is 2.72. The first-order chi connectivity index (χ1) is 14.6. The number of aromatic amines is 1. The highest BCUT2D eigenvalue weighted by molar-refractivity contribution is 5.84. The van der Waals surface area contributed by atoms with Gasteiger partial charge in [0.15, 0.2) is 0 Å². The molecule has 0 fully saturated rings. The van der Waals surface area contributed by atoms with E-state index in [1.807, 2.05) is 48.7 Å². The summed E-state index contributed by atoms with van der Waals surface area (Å²) in [5.41, 5.74) is 4.93. The first kappa shape index (κ1) is 21.3. The van der Waals surface area contributed by atoms with Crippen molar-refractivity contribution in [1.29, 1.82) is 5.26 Å². The quantitative estimate of drug-likeness (QED) is 0.400. The minimum atomic E-state index is -0.319. The molecule has 1 aromatic heterocycles. The molecule has 0 aliphatic carbocycles. The average Bonchev–Trinajstić information content (AvgIpc) is 3.15. The van der Waals surface area contributed by atoms with E-state index in [-0.39, 0.29) is 18.4 Å². The Hall–Kier alpha value is -3.43. The molecule has 0 saturated carbocycles. The minimum absolute atomic E-state index is 0.235. The number of nitrogens with one attached hydrogen (secondary N) is 2. The van der Waals surface area contributed by atoms with Crippen LogP contribution in [0.25, 0.3) is 10.9 Å². The van der Waals surface area contributed by atoms with Crippen LogP contribution >= 0.6 is 0 Å². The number of H-pyrrole nitrogens is 1. The maximum Gasteiger partial charge on any atom is 0.310 e. The number of aromatic nitrogens is 1. The van der Waals surface area contributed by atoms with Gasteiger partial charge in [-0.3, -0.25) is 4.79 Å². The van der Waals surface area contributed by atoms with E-state index in [9.17, 15) is 9.59 Å². The molecule has 0 saturated heterocycles. The van der Waals surface area contributed by atoms with Crippen molar-refractivity contribution in [3.63, 3.8) is 0 Å². The number of fused-ring (bicyclic) bond motifs is 1. The van der Waals surface area contributed by atoms with E-state index in [1.54, 1.807) is 6.92 Å². The second-order valence-corrected chi connectivity index (χ2v) is 7.15. The SMILES string of the molecule is CCOC(=O)Cc1ccc(CNC(C=O)Cc2ccc3[nH]cc(CC#N)c3c2)cc1. The number of nitrogens with zero attached hydrogens (tertiary/aromatic N) is 1. The van der Waals surface area contributed by atoms with E-state index in [0.717, 1.165) is 39.4 Å². The van der Waals surface area contributed by atoms with Gasteiger partial charge in [0, 0.05) is 23.6 Å². The summed E-state index contributed by atoms with van der Waals surface area (Å²) in [5, 5.41) is 13.3. The van der Waals surface area contributed by atoms with Gasteiger partial charge in [0.1, 0.15) is 6.29 Å². The van der Waals surface area contributed by atoms with Gasteiger partial charge in [-0.05, 0) is 47.7 Å². The van der Waals surface area contributed by atoms with Crippen LogP contribution in [0.15, 0.2) is 48.7 Å². The molecule has 1 atom stereocenters. The summed E-state index contributed by atoms with van der Waals surface area (Å²) in [7, 11) is 0. The van der Waals surface area contributed by atoms with Crippen LogP contribution in [0.3, 0.4) is 0 Å². The molecule has 30 heavy (non-hydrogen) atoms. The van der Waals surface area contributed by atoms with Gasteiger partial charge in [0.05, 0.1) is 31.6 Å². The van der Waals surface area contributed by atoms with Gasteiger partial charge in [-0.1, -0.05) is 30.3 Å². The molecular weight excluding hydrogens is 378 g/mol. The van der Waals surface area contributed by atoms with E-state index in [0.29, 0.717) is 26.0 Å². The Balaban J connectivity index is 1.59. The molecule has 1 unspecified atom stereocenters. The van der Waals surface area contributed by atoms with Gasteiger partial charge in [-0.2, -0.15) is 5.26 Å². The lowest BCUT2D eigenvalue weighted by Crippen LogP contribution is -2.32. The number of esters is 1. The van der Waals surface area contributed by atoms with Gasteiger partial charge in [-0.25, -0.2) is 0 Å². The third kappa shape index (κ3) is 5.56. The number of rotatable bonds is 10. The van der Waals surface area contributed by atoms with E-state index in [1.165, 1.54) is 0 Å². The number of hydrogen-bond donors (Lipinski definition) is 2. The highest BCUT2D eigenvalue weighted by Crippen LogP contribution is 2.21. The highest BCUT2D eigenvalue weighted by Gasteiger charge is 2.11. The molecule has 0 aliphatic rings. The Bertz CT molecular complexity index is 1050. The first-order valence-electron chi connectivity index (χ1n) is 10.0. The molecule has 154 valence electrons. The number of hydrogen-bond acceptors (Lipinski definition) is 5. The van der Waals surface area contributed by atoms with Gasteiger partial charge >= 0.3 is 5.97 Å². The standard InChI is InChI=1S/C24H25N3O3/c1-2-30-24(29)13-17-3-5-18(6-4-17)14-26-21(16-28)11-19-7-8-23-22(12-19)20(9-10-25)15-27-23/h3-8,12,15-16,21,26-27H,2,9,11,13-14H2,1H3. The van der Waals surface area contributed by atoms with Crippen molar-refractivity contribution in [3.8, 4) is 6.07 Å². The summed E-state index contributed by atoms with van der Waals surface area (Å²) in [6.07, 6.45) is 3.96. The van der Waals surface area contributed by atoms with Crippen LogP contribution < -0.4 is 5.32 Å². The van der Waals surface area contributed by atoms with Crippen molar-refractivity contribution in [2.24, 2.45) is 0 Å². The molecule has 2 aromatic carbocycles. The first-order valence-corrected chi connectivity index (χ1v) is 10.0. The summed E-state index contributed by atoms with van der Waals surface area (Å²) >= 11 is 0. The third-order valence-corrected chi connectivity index (χ3v) is 4.97. The van der Waals surface area contributed by atoms with Crippen LogP contribution in [0.5, 0.6) is 0 Å². The van der Waals surface area contributed by atoms with Crippen LogP contribution in [-0.4, -0.2) is 29.9 Å². The Morgan fingerprint density at radius 1 is 1.20 bits per heavy atom. The fraction of sp³-hybridized carbons (Fsp3) is 0.292. The number of carbonyl (C=O) groups is 2. The van der Waals surface area contributed by atoms with E-state index >= 15 is 0 Å². The molecule has 0 aliphatic heterocycles. The van der Waals surface area contributed by atoms with E-state index < -0.39 is 0 Å². The fourth-order valence-corrected chi connectivity index (χ4v) is 3.41. The average molecular weight is 403 g/mol. The van der Waals surface area contributed by atoms with E-state index in [2.05, 4.69) is 16.4 Å². The maximum absolute atomic E-state index is 11.6. The molecule has 0 spiro atoms. The number of aldehydes is 1. The topological polar surface area (TPSA) is 95.0 Å². The second-order valence-electron chi connectivity index (χ2n) is 7.15. The minimum Gasteiger partial charge on any atom is -0.466 e. The summed E-state index contributed by atoms with van der Waals surface area (Å²) in [5.74, 6) is -0.235. The van der Waals surface area contributed by atoms with Crippen molar-refractivity contribution < 1.29 is 14.3 Å². The van der Waals surface area contributed by atoms with Crippen molar-refractivity contribution in [2.75, 3.05) is 6.61 Å². The molecule has 0 radical (unpaired) electrons. The van der Waals surface area contributed by atoms with E-state index in [4.69, 9.17) is 10.00 Å². The lowest BCUT2D eigenvalue weighted by Gasteiger charge is -2.13. The number of ether oxygens (including phenoxy) is 1. The third-order valence-electron chi connectivity index (χ3n) is 4.97. The Kier molecular flexibility index (Phi) is 7.36. The monoisotopic (exact) mass is 403 g/mol. The lowest BCUT2D eigenvalue weighted by atomic mass is 10.0. The summed E-state index contributed by atoms with van der Waals surface area (Å²) < 4.78 is 4.96. The van der Waals surface area contributed by atoms with Crippen molar-refractivity contribution >= 4 is 23.2 Å². The Morgan fingerprint density at radius 3 is 2.63 bits per heavy atom. The molecule has 3 aromatic rings. The molecule has 6 nitrogen and oxygen atoms in total. The van der Waals surface area contributed by atoms with Crippen LogP contribution in [0.2, 0.25) is 0 Å². The summed E-state index contributed by atoms with van der Waals surface area (Å²) in [6, 6.07) is 15.6. The maximum atomic E-state index is 11.6. The van der Waals surface area contributed by atoms with Crippen LogP contribution in [0.4, 0.5) is 0 Å². The van der Waals surface area contributed by atoms with Crippen molar-refractivity contribution in [2.45, 2.75) is 38.8 Å². The normalized spacial score (nSPS) is 11.7. The predicted octanol–water partition coefficient (Wildman–Crippen LogP) is 3.24. The molecule has 0 amide bonds. The van der Waals surface area contributed by atoms with Crippen LogP contribution in [-0.2, 0) is 40.1 Å². The molecule has 3 rings (SSSR count). The molecule has 0 bridgehead atoms. The molecular formula is C24H25N3O3. The molecule has 2 N–H and O–H groups in total. The van der Waals surface area contributed by atoms with Gasteiger partial charge in [-0.15, -0.1) is 0 Å². The van der Waals surface area contributed by atoms with Crippen LogP contribution in [0.1, 0.15) is 29.2 Å². The Labute approximate surface area is 175 Å². The Morgan fingerprint density at radius 2 is 1.93 bits per heavy atom. The van der Waals surface area contributed by atoms with Gasteiger partial charge < -0.3 is 19.8 Å². The van der Waals surface area contributed by atoms with Crippen molar-refractivity contribution in [1.82, 2.24) is 10.3 Å². The van der Waals surface area contributed by atoms with Gasteiger partial charge in [0.2, 0.25) is 0 Å². The van der Waals surface area contributed by atoms with Crippen LogP contribution in [0, 0.1) is 11.3 Å². The zero-order chi connectivity index (χ0) is 21.3. The zero-order valence-electron chi connectivity index (χ0n) is 17.0. The highest BCUT2D eigenvalue weighted by atomic mass is 16.5. The molecule has 1 heterocycles. The predicted molar refractivity (Wildman–Crippen MR) is 115 cm³/mol. The largest absolute Gasteiger partial charge is 0.466 e. The molecule has 6 heteroatoms. The summed E-state index contributed by atoms with van der Waals surface area (Å²) in [4.78, 5) is 26.3. The fourth-order valence-electron chi connectivity index (χ4n) is 3.41. The lowest BCUT2D eigenvalue weighted by molar-refractivity contribution is -0.142.